The summed E-state index contributed by atoms with van der Waals surface area (Å²) in [5, 5.41) is 5.01. The Kier molecular flexibility index (Phi) is 7.12. The minimum atomic E-state index is -0.441. The van der Waals surface area contributed by atoms with Crippen LogP contribution in [0.1, 0.15) is 28.8 Å². The van der Waals surface area contributed by atoms with E-state index >= 15 is 0 Å². The van der Waals surface area contributed by atoms with Gasteiger partial charge in [-0.25, -0.2) is 14.8 Å². The van der Waals surface area contributed by atoms with Gasteiger partial charge >= 0.3 is 0 Å². The summed E-state index contributed by atoms with van der Waals surface area (Å²) in [7, 11) is 0. The van der Waals surface area contributed by atoms with Gasteiger partial charge in [-0.1, -0.05) is 45.9 Å². The van der Waals surface area contributed by atoms with Crippen LogP contribution in [0.5, 0.6) is 0 Å². The quantitative estimate of drug-likeness (QED) is 0.144. The number of hydrazone groups is 1. The van der Waals surface area contributed by atoms with E-state index in [1.54, 1.807) is 28.0 Å². The minimum Gasteiger partial charge on any atom is -0.272 e. The van der Waals surface area contributed by atoms with Crippen molar-refractivity contribution in [2.75, 3.05) is 5.75 Å². The maximum absolute atomic E-state index is 13.9. The van der Waals surface area contributed by atoms with Crippen LogP contribution in [-0.4, -0.2) is 27.4 Å². The van der Waals surface area contributed by atoms with Gasteiger partial charge in [0.05, 0.1) is 23.0 Å². The first kappa shape index (κ1) is 23.9. The van der Waals surface area contributed by atoms with Crippen LogP contribution in [-0.2, 0) is 17.6 Å². The highest BCUT2D eigenvalue weighted by Gasteiger charge is 2.23. The number of hydrogen-bond acceptors (Lipinski definition) is 6. The van der Waals surface area contributed by atoms with Gasteiger partial charge in [0, 0.05) is 14.9 Å². The molecule has 1 amide bonds. The Morgan fingerprint density at radius 2 is 2.03 bits per heavy atom. The van der Waals surface area contributed by atoms with Crippen LogP contribution < -0.4 is 11.0 Å². The van der Waals surface area contributed by atoms with Crippen LogP contribution >= 0.6 is 39.0 Å². The topological polar surface area (TPSA) is 76.3 Å². The van der Waals surface area contributed by atoms with Crippen LogP contribution in [0, 0.1) is 5.82 Å². The lowest BCUT2D eigenvalue weighted by Crippen LogP contribution is -2.24. The van der Waals surface area contributed by atoms with E-state index in [-0.39, 0.29) is 22.8 Å². The number of thiophene rings is 1. The molecule has 0 unspecified atom stereocenters. The van der Waals surface area contributed by atoms with Gasteiger partial charge in [-0.15, -0.1) is 11.3 Å². The smallest absolute Gasteiger partial charge is 0.267 e. The van der Waals surface area contributed by atoms with Crippen molar-refractivity contribution < 1.29 is 9.18 Å². The molecule has 1 N–H and O–H groups in total. The summed E-state index contributed by atoms with van der Waals surface area (Å²) in [5.41, 5.74) is 4.39. The lowest BCUT2D eigenvalue weighted by atomic mass is 9.97. The number of amides is 1. The molecule has 2 heterocycles. The van der Waals surface area contributed by atoms with Crippen molar-refractivity contribution in [1.29, 1.82) is 0 Å². The molecule has 35 heavy (non-hydrogen) atoms. The van der Waals surface area contributed by atoms with Crippen LogP contribution in [0.3, 0.4) is 0 Å². The average molecular weight is 571 g/mol. The highest BCUT2D eigenvalue weighted by molar-refractivity contribution is 9.10. The number of para-hydroxylation sites is 1. The highest BCUT2D eigenvalue weighted by atomic mass is 79.9. The number of aryl methyl sites for hydroxylation is 2. The van der Waals surface area contributed by atoms with Crippen molar-refractivity contribution in [2.45, 2.75) is 30.8 Å². The van der Waals surface area contributed by atoms with E-state index in [0.717, 1.165) is 36.1 Å². The molecule has 0 spiro atoms. The van der Waals surface area contributed by atoms with E-state index in [0.29, 0.717) is 20.7 Å². The molecular weight excluding hydrogens is 551 g/mol. The van der Waals surface area contributed by atoms with Crippen molar-refractivity contribution >= 4 is 61.4 Å². The lowest BCUT2D eigenvalue weighted by Gasteiger charge is -2.13. The fourth-order valence-corrected chi connectivity index (χ4v) is 6.52. The normalized spacial score (nSPS) is 13.3. The molecule has 0 fully saturated rings. The molecule has 0 saturated heterocycles. The number of aromatic nitrogens is 2. The number of benzene rings is 2. The van der Waals surface area contributed by atoms with E-state index in [1.165, 1.54) is 28.9 Å². The number of halogens is 2. The molecule has 0 radical (unpaired) electrons. The summed E-state index contributed by atoms with van der Waals surface area (Å²) in [6.07, 6.45) is 5.32. The predicted molar refractivity (Wildman–Crippen MR) is 142 cm³/mol. The second-order valence-electron chi connectivity index (χ2n) is 8.01. The number of hydrogen-bond donors (Lipinski definition) is 1. The van der Waals surface area contributed by atoms with Crippen molar-refractivity contribution in [3.8, 4) is 5.69 Å². The van der Waals surface area contributed by atoms with E-state index in [4.69, 9.17) is 4.98 Å². The Morgan fingerprint density at radius 1 is 1.23 bits per heavy atom. The van der Waals surface area contributed by atoms with Gasteiger partial charge in [0.1, 0.15) is 10.6 Å². The number of carbonyl (C=O) groups excluding carboxylic acids is 1. The van der Waals surface area contributed by atoms with Gasteiger partial charge in [0.15, 0.2) is 5.16 Å². The Bertz CT molecular complexity index is 1500. The third-order valence-corrected chi connectivity index (χ3v) is 8.27. The second kappa shape index (κ2) is 10.4. The fourth-order valence-electron chi connectivity index (χ4n) is 4.04. The van der Waals surface area contributed by atoms with E-state index in [2.05, 4.69) is 26.5 Å². The number of rotatable bonds is 6. The fraction of sp³-hybridized carbons (Fsp3) is 0.200. The van der Waals surface area contributed by atoms with Gasteiger partial charge in [-0.2, -0.15) is 5.10 Å². The lowest BCUT2D eigenvalue weighted by molar-refractivity contribution is -0.118. The maximum Gasteiger partial charge on any atom is 0.267 e. The molecule has 1 aliphatic rings. The standard InChI is InChI=1S/C25H20BrFN4O2S2/c26-16-10-11-19(27)15(12-16)13-28-30-21(32)14-34-25-29-23-22(18-8-4-5-9-20(18)35-23)24(33)31(25)17-6-2-1-3-7-17/h1-3,6-7,10-13H,4-5,8-9,14H2,(H,30,32)/b28-13-. The van der Waals surface area contributed by atoms with Gasteiger partial charge in [-0.3, -0.25) is 14.2 Å². The monoisotopic (exact) mass is 570 g/mol. The van der Waals surface area contributed by atoms with Gasteiger partial charge in [0.25, 0.3) is 11.5 Å². The summed E-state index contributed by atoms with van der Waals surface area (Å²) < 4.78 is 16.1. The predicted octanol–water partition coefficient (Wildman–Crippen LogP) is 5.47. The molecule has 0 aliphatic heterocycles. The van der Waals surface area contributed by atoms with Gasteiger partial charge in [-0.05, 0) is 61.6 Å². The first-order valence-corrected chi connectivity index (χ1v) is 13.6. The zero-order valence-corrected chi connectivity index (χ0v) is 21.7. The second-order valence-corrected chi connectivity index (χ2v) is 11.0. The van der Waals surface area contributed by atoms with Crippen molar-refractivity contribution in [3.63, 3.8) is 0 Å². The number of thioether (sulfide) groups is 1. The Labute approximate surface area is 217 Å². The van der Waals surface area contributed by atoms with Crippen LogP contribution in [0.15, 0.2) is 68.1 Å². The van der Waals surface area contributed by atoms with Gasteiger partial charge < -0.3 is 0 Å². The SMILES string of the molecule is O=C(CSc1nc2sc3c(c2c(=O)n1-c1ccccc1)CCCC3)N/N=C\c1cc(Br)ccc1F. The zero-order valence-electron chi connectivity index (χ0n) is 18.5. The molecular formula is C25H20BrFN4O2S2. The van der Waals surface area contributed by atoms with Crippen molar-refractivity contribution in [2.24, 2.45) is 5.10 Å². The third-order valence-electron chi connectivity index (χ3n) is 5.66. The molecule has 5 rings (SSSR count). The summed E-state index contributed by atoms with van der Waals surface area (Å²) >= 11 is 6.03. The van der Waals surface area contributed by atoms with Crippen LogP contribution in [0.25, 0.3) is 15.9 Å². The van der Waals surface area contributed by atoms with Crippen molar-refractivity contribution in [1.82, 2.24) is 15.0 Å². The summed E-state index contributed by atoms with van der Waals surface area (Å²) in [5.74, 6) is -0.835. The van der Waals surface area contributed by atoms with Crippen LogP contribution in [0.2, 0.25) is 0 Å². The number of nitrogens with one attached hydrogen (secondary N) is 1. The summed E-state index contributed by atoms with van der Waals surface area (Å²) in [4.78, 5) is 32.9. The maximum atomic E-state index is 13.9. The first-order valence-electron chi connectivity index (χ1n) is 11.0. The largest absolute Gasteiger partial charge is 0.272 e. The van der Waals surface area contributed by atoms with E-state index < -0.39 is 5.82 Å². The van der Waals surface area contributed by atoms with Gasteiger partial charge in [0.2, 0.25) is 0 Å². The Hall–Kier alpha value is -2.82. The molecule has 0 saturated carbocycles. The molecule has 10 heteroatoms. The summed E-state index contributed by atoms with van der Waals surface area (Å²) in [6, 6.07) is 13.8. The average Bonchev–Trinajstić information content (AvgIpc) is 3.24. The third kappa shape index (κ3) is 5.10. The highest BCUT2D eigenvalue weighted by Crippen LogP contribution is 2.35. The molecule has 6 nitrogen and oxygen atoms in total. The minimum absolute atomic E-state index is 0.00578. The molecule has 2 aromatic carbocycles. The van der Waals surface area contributed by atoms with Crippen molar-refractivity contribution in [3.05, 3.63) is 85.2 Å². The number of nitrogens with zero attached hydrogens (tertiary/aromatic N) is 3. The molecule has 2 aromatic heterocycles. The Balaban J connectivity index is 1.41. The summed E-state index contributed by atoms with van der Waals surface area (Å²) in [6.45, 7) is 0. The Morgan fingerprint density at radius 3 is 2.86 bits per heavy atom. The molecule has 1 aliphatic carbocycles. The van der Waals surface area contributed by atoms with E-state index in [1.807, 2.05) is 30.3 Å². The number of carbonyl (C=O) groups is 1. The van der Waals surface area contributed by atoms with Crippen LogP contribution in [0.4, 0.5) is 4.39 Å². The first-order chi connectivity index (χ1) is 17.0. The zero-order chi connectivity index (χ0) is 24.4. The molecule has 0 atom stereocenters. The number of fused-ring (bicyclic) bond motifs is 3. The molecule has 178 valence electrons. The van der Waals surface area contributed by atoms with E-state index in [9.17, 15) is 14.0 Å². The molecule has 0 bridgehead atoms. The molecule has 4 aromatic rings.